The molecule has 1 aliphatic rings. The molecule has 1 fully saturated rings. The maximum Gasteiger partial charge on any atom is 0.229 e. The average molecular weight is 393 g/mol. The number of para-hydroxylation sites is 1. The van der Waals surface area contributed by atoms with Crippen molar-refractivity contribution in [2.24, 2.45) is 5.92 Å². The Balaban J connectivity index is 1.68. The number of anilines is 2. The lowest BCUT2D eigenvalue weighted by Gasteiger charge is -2.20. The molecule has 3 rings (SSSR count). The third kappa shape index (κ3) is 4.83. The zero-order valence-electron chi connectivity index (χ0n) is 17.1. The molecule has 6 nitrogen and oxygen atoms in total. The molecule has 0 saturated carbocycles. The molecule has 152 valence electrons. The summed E-state index contributed by atoms with van der Waals surface area (Å²) in [5, 5.41) is 2.93. The van der Waals surface area contributed by atoms with Crippen LogP contribution in [0.2, 0.25) is 0 Å². The van der Waals surface area contributed by atoms with Gasteiger partial charge in [-0.2, -0.15) is 0 Å². The van der Waals surface area contributed by atoms with Gasteiger partial charge in [-0.05, 0) is 35.7 Å². The normalized spacial score (nSPS) is 16.0. The standard InChI is InChI=1S/C23H27N3O3/c1-4-18-9-5-6-11-21(18)26-15-19(13-22(26)28)23(29)24-20-10-7-8-17(12-20)14-25(3)16(2)27/h5-12,19H,4,13-15H2,1-3H3,(H,24,29). The Bertz CT molecular complexity index is 925. The highest BCUT2D eigenvalue weighted by Gasteiger charge is 2.35. The van der Waals surface area contributed by atoms with Crippen LogP contribution in [0.5, 0.6) is 0 Å². The number of benzene rings is 2. The van der Waals surface area contributed by atoms with E-state index in [9.17, 15) is 14.4 Å². The Morgan fingerprint density at radius 1 is 1.17 bits per heavy atom. The van der Waals surface area contributed by atoms with Crippen LogP contribution in [-0.4, -0.2) is 36.2 Å². The fraction of sp³-hybridized carbons (Fsp3) is 0.348. The Kier molecular flexibility index (Phi) is 6.32. The lowest BCUT2D eigenvalue weighted by Crippen LogP contribution is -2.28. The highest BCUT2D eigenvalue weighted by molar-refractivity contribution is 6.03. The van der Waals surface area contributed by atoms with Crippen LogP contribution in [0, 0.1) is 5.92 Å². The number of nitrogens with zero attached hydrogens (tertiary/aromatic N) is 2. The van der Waals surface area contributed by atoms with E-state index < -0.39 is 5.92 Å². The van der Waals surface area contributed by atoms with Crippen molar-refractivity contribution in [2.45, 2.75) is 33.2 Å². The molecular weight excluding hydrogens is 366 g/mol. The van der Waals surface area contributed by atoms with Gasteiger partial charge in [-0.15, -0.1) is 0 Å². The molecule has 29 heavy (non-hydrogen) atoms. The molecule has 1 heterocycles. The molecule has 0 spiro atoms. The highest BCUT2D eigenvalue weighted by Crippen LogP contribution is 2.29. The van der Waals surface area contributed by atoms with E-state index in [0.717, 1.165) is 23.2 Å². The number of hydrogen-bond donors (Lipinski definition) is 1. The van der Waals surface area contributed by atoms with Gasteiger partial charge < -0.3 is 15.1 Å². The molecule has 1 saturated heterocycles. The summed E-state index contributed by atoms with van der Waals surface area (Å²) in [6.45, 7) is 4.43. The minimum atomic E-state index is -0.393. The smallest absolute Gasteiger partial charge is 0.229 e. The third-order valence-electron chi connectivity index (χ3n) is 5.31. The second-order valence-corrected chi connectivity index (χ2v) is 7.45. The van der Waals surface area contributed by atoms with E-state index in [1.807, 2.05) is 48.5 Å². The van der Waals surface area contributed by atoms with Crippen LogP contribution in [0.15, 0.2) is 48.5 Å². The topological polar surface area (TPSA) is 69.7 Å². The van der Waals surface area contributed by atoms with Crippen LogP contribution in [0.3, 0.4) is 0 Å². The van der Waals surface area contributed by atoms with Crippen molar-refractivity contribution in [1.29, 1.82) is 0 Å². The third-order valence-corrected chi connectivity index (χ3v) is 5.31. The Morgan fingerprint density at radius 2 is 1.93 bits per heavy atom. The molecule has 3 amide bonds. The Hall–Kier alpha value is -3.15. The number of carbonyl (C=O) groups is 3. The predicted molar refractivity (Wildman–Crippen MR) is 113 cm³/mol. The predicted octanol–water partition coefficient (Wildman–Crippen LogP) is 3.22. The summed E-state index contributed by atoms with van der Waals surface area (Å²) < 4.78 is 0. The van der Waals surface area contributed by atoms with E-state index in [1.54, 1.807) is 16.8 Å². The molecular formula is C23H27N3O3. The first-order chi connectivity index (χ1) is 13.9. The Labute approximate surface area is 171 Å². The van der Waals surface area contributed by atoms with Gasteiger partial charge in [0.25, 0.3) is 0 Å². The summed E-state index contributed by atoms with van der Waals surface area (Å²) in [6.07, 6.45) is 1.04. The minimum absolute atomic E-state index is 0.0173. The van der Waals surface area contributed by atoms with Gasteiger partial charge in [-0.1, -0.05) is 37.3 Å². The summed E-state index contributed by atoms with van der Waals surface area (Å²) in [5.74, 6) is -0.595. The number of amides is 3. The zero-order valence-corrected chi connectivity index (χ0v) is 17.1. The number of carbonyl (C=O) groups excluding carboxylic acids is 3. The van der Waals surface area contributed by atoms with Crippen LogP contribution in [-0.2, 0) is 27.3 Å². The zero-order chi connectivity index (χ0) is 21.0. The van der Waals surface area contributed by atoms with Crippen molar-refractivity contribution >= 4 is 29.1 Å². The van der Waals surface area contributed by atoms with Gasteiger partial charge in [-0.25, -0.2) is 0 Å². The maximum atomic E-state index is 12.8. The SMILES string of the molecule is CCc1ccccc1N1CC(C(=O)Nc2cccc(CN(C)C(C)=O)c2)CC1=O. The summed E-state index contributed by atoms with van der Waals surface area (Å²) in [6, 6.07) is 15.3. The van der Waals surface area contributed by atoms with E-state index in [4.69, 9.17) is 0 Å². The lowest BCUT2D eigenvalue weighted by molar-refractivity contribution is -0.128. The van der Waals surface area contributed by atoms with Crippen LogP contribution in [0.25, 0.3) is 0 Å². The molecule has 0 bridgehead atoms. The number of nitrogens with one attached hydrogen (secondary N) is 1. The van der Waals surface area contributed by atoms with Crippen LogP contribution in [0.4, 0.5) is 11.4 Å². The average Bonchev–Trinajstić information content (AvgIpc) is 3.09. The van der Waals surface area contributed by atoms with Crippen LogP contribution >= 0.6 is 0 Å². The first kappa shape index (κ1) is 20.6. The number of hydrogen-bond acceptors (Lipinski definition) is 3. The molecule has 2 aromatic carbocycles. The second-order valence-electron chi connectivity index (χ2n) is 7.45. The minimum Gasteiger partial charge on any atom is -0.342 e. The van der Waals surface area contributed by atoms with Gasteiger partial charge in [0.15, 0.2) is 0 Å². The molecule has 0 aromatic heterocycles. The summed E-state index contributed by atoms with van der Waals surface area (Å²) in [7, 11) is 1.74. The van der Waals surface area contributed by atoms with Crippen molar-refractivity contribution < 1.29 is 14.4 Å². The molecule has 0 aliphatic carbocycles. The molecule has 1 aliphatic heterocycles. The van der Waals surface area contributed by atoms with Crippen molar-refractivity contribution in [3.63, 3.8) is 0 Å². The number of aryl methyl sites for hydroxylation is 1. The summed E-state index contributed by atoms with van der Waals surface area (Å²) in [4.78, 5) is 40.1. The summed E-state index contributed by atoms with van der Waals surface area (Å²) >= 11 is 0. The van der Waals surface area contributed by atoms with Gasteiger partial charge in [0.2, 0.25) is 17.7 Å². The van der Waals surface area contributed by atoms with E-state index in [2.05, 4.69) is 12.2 Å². The van der Waals surface area contributed by atoms with Crippen LogP contribution in [0.1, 0.15) is 31.4 Å². The number of rotatable bonds is 6. The van der Waals surface area contributed by atoms with E-state index in [-0.39, 0.29) is 24.1 Å². The van der Waals surface area contributed by atoms with Gasteiger partial charge in [0, 0.05) is 44.9 Å². The summed E-state index contributed by atoms with van der Waals surface area (Å²) in [5.41, 5.74) is 3.60. The van der Waals surface area contributed by atoms with Gasteiger partial charge in [0.1, 0.15) is 0 Å². The van der Waals surface area contributed by atoms with Gasteiger partial charge >= 0.3 is 0 Å². The second kappa shape index (κ2) is 8.90. The molecule has 6 heteroatoms. The molecule has 1 unspecified atom stereocenters. The van der Waals surface area contributed by atoms with Gasteiger partial charge in [-0.3, -0.25) is 14.4 Å². The maximum absolute atomic E-state index is 12.8. The Morgan fingerprint density at radius 3 is 2.66 bits per heavy atom. The largest absolute Gasteiger partial charge is 0.342 e. The quantitative estimate of drug-likeness (QED) is 0.819. The van der Waals surface area contributed by atoms with Crippen LogP contribution < -0.4 is 10.2 Å². The van der Waals surface area contributed by atoms with Crippen molar-refractivity contribution in [3.8, 4) is 0 Å². The molecule has 2 aromatic rings. The lowest BCUT2D eigenvalue weighted by atomic mass is 10.1. The van der Waals surface area contributed by atoms with Crippen molar-refractivity contribution in [1.82, 2.24) is 4.90 Å². The first-order valence-electron chi connectivity index (χ1n) is 9.88. The van der Waals surface area contributed by atoms with E-state index in [1.165, 1.54) is 6.92 Å². The fourth-order valence-electron chi connectivity index (χ4n) is 3.57. The highest BCUT2D eigenvalue weighted by atomic mass is 16.2. The van der Waals surface area contributed by atoms with E-state index >= 15 is 0 Å². The molecule has 0 radical (unpaired) electrons. The molecule has 1 N–H and O–H groups in total. The fourth-order valence-corrected chi connectivity index (χ4v) is 3.57. The molecule has 1 atom stereocenters. The monoisotopic (exact) mass is 393 g/mol. The van der Waals surface area contributed by atoms with E-state index in [0.29, 0.717) is 18.8 Å². The van der Waals surface area contributed by atoms with Gasteiger partial charge in [0.05, 0.1) is 5.92 Å². The van der Waals surface area contributed by atoms with Crippen molar-refractivity contribution in [2.75, 3.05) is 23.8 Å². The van der Waals surface area contributed by atoms with Crippen molar-refractivity contribution in [3.05, 3.63) is 59.7 Å². The first-order valence-corrected chi connectivity index (χ1v) is 9.88.